The maximum Gasteiger partial charge on any atom is 0.293 e. The van der Waals surface area contributed by atoms with Crippen molar-refractivity contribution in [2.45, 2.75) is 13.2 Å². The third-order valence-corrected chi connectivity index (χ3v) is 6.77. The van der Waals surface area contributed by atoms with E-state index in [0.717, 1.165) is 27.8 Å². The second kappa shape index (κ2) is 10.0. The van der Waals surface area contributed by atoms with Gasteiger partial charge in [-0.25, -0.2) is 0 Å². The van der Waals surface area contributed by atoms with Crippen molar-refractivity contribution in [3.05, 3.63) is 103 Å². The van der Waals surface area contributed by atoms with E-state index in [1.807, 2.05) is 36.4 Å². The molecule has 0 spiro atoms. The average Bonchev–Trinajstić information content (AvgIpc) is 3.04. The van der Waals surface area contributed by atoms with Crippen LogP contribution in [-0.2, 0) is 17.9 Å². The van der Waals surface area contributed by atoms with E-state index in [9.17, 15) is 9.59 Å². The lowest BCUT2D eigenvalue weighted by Crippen LogP contribution is -2.27. The summed E-state index contributed by atoms with van der Waals surface area (Å²) in [6.07, 6.45) is 1.68. The summed E-state index contributed by atoms with van der Waals surface area (Å²) in [5, 5.41) is 1.11. The summed E-state index contributed by atoms with van der Waals surface area (Å²) in [5.41, 5.74) is 2.21. The number of amides is 2. The van der Waals surface area contributed by atoms with Crippen LogP contribution >= 0.6 is 46.6 Å². The van der Waals surface area contributed by atoms with Gasteiger partial charge in [0.1, 0.15) is 12.4 Å². The third-order valence-electron chi connectivity index (χ3n) is 4.78. The van der Waals surface area contributed by atoms with Crippen LogP contribution in [0.2, 0.25) is 15.1 Å². The number of nitrogens with zero attached hydrogens (tertiary/aromatic N) is 1. The minimum atomic E-state index is -0.380. The Morgan fingerprint density at radius 3 is 2.19 bits per heavy atom. The van der Waals surface area contributed by atoms with Gasteiger partial charge in [-0.2, -0.15) is 0 Å². The van der Waals surface area contributed by atoms with Crippen LogP contribution in [0.5, 0.6) is 5.75 Å². The maximum atomic E-state index is 12.8. The first kappa shape index (κ1) is 22.7. The Bertz CT molecular complexity index is 1190. The molecule has 1 aliphatic rings. The molecule has 0 atom stereocenters. The van der Waals surface area contributed by atoms with Crippen molar-refractivity contribution in [3.63, 3.8) is 0 Å². The number of hydrogen-bond donors (Lipinski definition) is 0. The number of carbonyl (C=O) groups excluding carboxylic acids is 2. The molecule has 0 aromatic heterocycles. The van der Waals surface area contributed by atoms with Gasteiger partial charge in [0.25, 0.3) is 11.1 Å². The normalized spacial score (nSPS) is 15.0. The Morgan fingerprint density at radius 2 is 1.50 bits per heavy atom. The van der Waals surface area contributed by atoms with E-state index in [0.29, 0.717) is 37.9 Å². The van der Waals surface area contributed by atoms with Crippen molar-refractivity contribution in [1.82, 2.24) is 4.90 Å². The van der Waals surface area contributed by atoms with E-state index in [-0.39, 0.29) is 17.7 Å². The van der Waals surface area contributed by atoms with Gasteiger partial charge in [0.2, 0.25) is 0 Å². The van der Waals surface area contributed by atoms with Gasteiger partial charge in [0.15, 0.2) is 0 Å². The SMILES string of the molecule is O=C1SC(=Cc2ccc(OCc3ccccc3Cl)cc2)C(=O)N1Cc1c(Cl)cccc1Cl. The lowest BCUT2D eigenvalue weighted by Gasteiger charge is -2.14. The molecule has 0 N–H and O–H groups in total. The molecule has 0 aliphatic carbocycles. The number of carbonyl (C=O) groups is 2. The Morgan fingerprint density at radius 1 is 0.844 bits per heavy atom. The van der Waals surface area contributed by atoms with E-state index in [4.69, 9.17) is 39.5 Å². The molecule has 3 aromatic carbocycles. The molecule has 0 saturated carbocycles. The number of halogens is 3. The molecule has 162 valence electrons. The van der Waals surface area contributed by atoms with Crippen molar-refractivity contribution >= 4 is 63.8 Å². The number of thioether (sulfide) groups is 1. The number of rotatable bonds is 6. The van der Waals surface area contributed by atoms with E-state index in [2.05, 4.69) is 0 Å². The summed E-state index contributed by atoms with van der Waals surface area (Å²) in [6, 6.07) is 19.8. The van der Waals surface area contributed by atoms with Gasteiger partial charge in [0, 0.05) is 26.2 Å². The zero-order valence-corrected chi connectivity index (χ0v) is 19.6. The fourth-order valence-corrected chi connectivity index (χ4v) is 4.61. The first-order valence-corrected chi connectivity index (χ1v) is 11.5. The molecule has 2 amide bonds. The van der Waals surface area contributed by atoms with Gasteiger partial charge in [-0.3, -0.25) is 14.5 Å². The Labute approximate surface area is 204 Å². The highest BCUT2D eigenvalue weighted by Crippen LogP contribution is 2.35. The van der Waals surface area contributed by atoms with Gasteiger partial charge in [-0.05, 0) is 53.7 Å². The van der Waals surface area contributed by atoms with E-state index in [1.165, 1.54) is 0 Å². The number of imide groups is 1. The second-order valence-corrected chi connectivity index (χ2v) is 9.13. The van der Waals surface area contributed by atoms with Crippen LogP contribution in [0.1, 0.15) is 16.7 Å². The molecule has 0 unspecified atom stereocenters. The van der Waals surface area contributed by atoms with Crippen LogP contribution in [0, 0.1) is 0 Å². The number of benzene rings is 3. The molecule has 1 aliphatic heterocycles. The van der Waals surface area contributed by atoms with E-state index >= 15 is 0 Å². The topological polar surface area (TPSA) is 46.6 Å². The highest BCUT2D eigenvalue weighted by Gasteiger charge is 2.35. The lowest BCUT2D eigenvalue weighted by atomic mass is 10.2. The van der Waals surface area contributed by atoms with Crippen LogP contribution in [0.15, 0.2) is 71.6 Å². The Kier molecular flexibility index (Phi) is 7.11. The molecule has 3 aromatic rings. The standard InChI is InChI=1S/C24H16Cl3NO3S/c25-19-5-2-1-4-16(19)14-31-17-10-8-15(9-11-17)12-22-23(29)28(24(30)32-22)13-18-20(26)6-3-7-21(18)27/h1-12H,13-14H2. The fourth-order valence-electron chi connectivity index (χ4n) is 3.07. The zero-order valence-electron chi connectivity index (χ0n) is 16.6. The Balaban J connectivity index is 1.44. The van der Waals surface area contributed by atoms with Crippen molar-refractivity contribution in [2.75, 3.05) is 0 Å². The van der Waals surface area contributed by atoms with Crippen molar-refractivity contribution < 1.29 is 14.3 Å². The van der Waals surface area contributed by atoms with Crippen LogP contribution in [0.4, 0.5) is 4.79 Å². The van der Waals surface area contributed by atoms with Crippen molar-refractivity contribution in [2.24, 2.45) is 0 Å². The molecule has 1 fully saturated rings. The molecular weight excluding hydrogens is 489 g/mol. The first-order chi connectivity index (χ1) is 15.4. The summed E-state index contributed by atoms with van der Waals surface area (Å²) in [6.45, 7) is 0.373. The van der Waals surface area contributed by atoms with Crippen molar-refractivity contribution in [3.8, 4) is 5.75 Å². The predicted octanol–water partition coefficient (Wildman–Crippen LogP) is 7.46. The molecule has 0 radical (unpaired) electrons. The predicted molar refractivity (Wildman–Crippen MR) is 130 cm³/mol. The van der Waals surface area contributed by atoms with Crippen LogP contribution in [0.3, 0.4) is 0 Å². The fraction of sp³-hybridized carbons (Fsp3) is 0.0833. The summed E-state index contributed by atoms with van der Waals surface area (Å²) in [5.74, 6) is 0.290. The average molecular weight is 505 g/mol. The second-order valence-electron chi connectivity index (χ2n) is 6.92. The van der Waals surface area contributed by atoms with E-state index < -0.39 is 0 Å². The van der Waals surface area contributed by atoms with E-state index in [1.54, 1.807) is 36.4 Å². The Hall–Kier alpha value is -2.44. The zero-order chi connectivity index (χ0) is 22.7. The maximum absolute atomic E-state index is 12.8. The van der Waals surface area contributed by atoms with Crippen LogP contribution in [0.25, 0.3) is 6.08 Å². The summed E-state index contributed by atoms with van der Waals surface area (Å²) in [4.78, 5) is 26.7. The van der Waals surface area contributed by atoms with Gasteiger partial charge in [0.05, 0.1) is 11.4 Å². The minimum absolute atomic E-state index is 0.0232. The molecule has 4 nitrogen and oxygen atoms in total. The first-order valence-electron chi connectivity index (χ1n) is 9.57. The smallest absolute Gasteiger partial charge is 0.293 e. The summed E-state index contributed by atoms with van der Waals surface area (Å²) < 4.78 is 5.78. The van der Waals surface area contributed by atoms with Gasteiger partial charge < -0.3 is 4.74 Å². The van der Waals surface area contributed by atoms with Crippen LogP contribution in [-0.4, -0.2) is 16.0 Å². The minimum Gasteiger partial charge on any atom is -0.489 e. The molecule has 32 heavy (non-hydrogen) atoms. The molecule has 4 rings (SSSR count). The quantitative estimate of drug-likeness (QED) is 0.327. The monoisotopic (exact) mass is 503 g/mol. The van der Waals surface area contributed by atoms with Crippen molar-refractivity contribution in [1.29, 1.82) is 0 Å². The number of ether oxygens (including phenoxy) is 1. The molecule has 8 heteroatoms. The largest absolute Gasteiger partial charge is 0.489 e. The highest BCUT2D eigenvalue weighted by molar-refractivity contribution is 8.18. The molecule has 0 bridgehead atoms. The highest BCUT2D eigenvalue weighted by atomic mass is 35.5. The summed E-state index contributed by atoms with van der Waals surface area (Å²) in [7, 11) is 0. The van der Waals surface area contributed by atoms with Gasteiger partial charge in [-0.1, -0.05) is 71.2 Å². The van der Waals surface area contributed by atoms with Gasteiger partial charge in [-0.15, -0.1) is 0 Å². The third kappa shape index (κ3) is 5.13. The lowest BCUT2D eigenvalue weighted by molar-refractivity contribution is -0.123. The molecule has 1 saturated heterocycles. The molecular formula is C24H16Cl3NO3S. The van der Waals surface area contributed by atoms with Gasteiger partial charge >= 0.3 is 0 Å². The molecule has 1 heterocycles. The van der Waals surface area contributed by atoms with Crippen LogP contribution < -0.4 is 4.74 Å². The number of hydrogen-bond acceptors (Lipinski definition) is 4. The summed E-state index contributed by atoms with van der Waals surface area (Å²) >= 11 is 19.4.